The van der Waals surface area contributed by atoms with Crippen molar-refractivity contribution < 1.29 is 24.2 Å². The van der Waals surface area contributed by atoms with Crippen molar-refractivity contribution in [2.24, 2.45) is 11.8 Å². The van der Waals surface area contributed by atoms with E-state index < -0.39 is 29.6 Å². The van der Waals surface area contributed by atoms with Crippen LogP contribution in [0.25, 0.3) is 0 Å². The highest BCUT2D eigenvalue weighted by molar-refractivity contribution is 9.09. The molecule has 3 aliphatic rings. The zero-order valence-electron chi connectivity index (χ0n) is 19.1. The molecule has 2 bridgehead atoms. The summed E-state index contributed by atoms with van der Waals surface area (Å²) in [4.78, 5) is 42.1. The van der Waals surface area contributed by atoms with Crippen molar-refractivity contribution in [3.05, 3.63) is 66.2 Å². The predicted molar refractivity (Wildman–Crippen MR) is 132 cm³/mol. The van der Waals surface area contributed by atoms with Gasteiger partial charge in [-0.1, -0.05) is 64.5 Å². The Morgan fingerprint density at radius 2 is 1.77 bits per heavy atom. The van der Waals surface area contributed by atoms with Gasteiger partial charge in [-0.3, -0.25) is 14.4 Å². The van der Waals surface area contributed by atoms with Crippen LogP contribution in [-0.4, -0.2) is 63.5 Å². The van der Waals surface area contributed by atoms with Gasteiger partial charge in [-0.25, -0.2) is 0 Å². The number of benzene rings is 2. The molecule has 3 unspecified atom stereocenters. The number of carbonyl (C=O) groups is 3. The Bertz CT molecular complexity index is 1100. The van der Waals surface area contributed by atoms with E-state index in [1.165, 1.54) is 4.90 Å². The summed E-state index contributed by atoms with van der Waals surface area (Å²) in [5.41, 5.74) is 0.474. The van der Waals surface area contributed by atoms with Crippen LogP contribution in [0.3, 0.4) is 0 Å². The monoisotopic (exact) mass is 541 g/mol. The number of anilines is 1. The van der Waals surface area contributed by atoms with Crippen LogP contribution in [0.15, 0.2) is 60.7 Å². The number of ether oxygens (including phenoxy) is 1. The Morgan fingerprint density at radius 1 is 1.09 bits per heavy atom. The molecule has 8 nitrogen and oxygen atoms in total. The molecule has 3 aliphatic heterocycles. The van der Waals surface area contributed by atoms with E-state index in [1.54, 1.807) is 12.1 Å². The number of amides is 3. The standard InChI is InChI=1S/C26H28BrN3O5/c27-18-14-26-20(19(21(18)35-26)23(32)29-17-10-5-2-6-11-17)25(34)30(12-7-13-31)22(26)24(33)28-15-16-8-3-1-4-9-16/h1-6,8-11,18-22,31H,7,12-15H2,(H,28,33)(H,29,32)/t18?,19-,20-,21-,22?,26?/m0/s1. The third kappa shape index (κ3) is 4.15. The quantitative estimate of drug-likeness (QED) is 0.443. The molecule has 0 aliphatic carbocycles. The molecule has 1 spiro atoms. The van der Waals surface area contributed by atoms with E-state index in [0.29, 0.717) is 25.1 Å². The van der Waals surface area contributed by atoms with Gasteiger partial charge < -0.3 is 25.4 Å². The van der Waals surface area contributed by atoms with Crippen LogP contribution >= 0.6 is 15.9 Å². The Hall–Kier alpha value is -2.75. The first kappa shape index (κ1) is 24.0. The molecule has 6 atom stereocenters. The van der Waals surface area contributed by atoms with E-state index in [-0.39, 0.29) is 35.7 Å². The topological polar surface area (TPSA) is 108 Å². The Labute approximate surface area is 212 Å². The van der Waals surface area contributed by atoms with Gasteiger partial charge in [-0.15, -0.1) is 0 Å². The van der Waals surface area contributed by atoms with Crippen LogP contribution in [0.5, 0.6) is 0 Å². The molecule has 3 fully saturated rings. The molecule has 184 valence electrons. The fourth-order valence-electron chi connectivity index (χ4n) is 5.84. The highest BCUT2D eigenvalue weighted by atomic mass is 79.9. The van der Waals surface area contributed by atoms with Crippen molar-refractivity contribution in [1.29, 1.82) is 0 Å². The average Bonchev–Trinajstić information content (AvgIpc) is 3.46. The molecule has 2 aromatic rings. The number of carbonyl (C=O) groups excluding carboxylic acids is 3. The van der Waals surface area contributed by atoms with Crippen LogP contribution in [0.4, 0.5) is 5.69 Å². The summed E-state index contributed by atoms with van der Waals surface area (Å²) in [5.74, 6) is -2.38. The van der Waals surface area contributed by atoms with Gasteiger partial charge in [-0.05, 0) is 30.5 Å². The molecule has 3 N–H and O–H groups in total. The van der Waals surface area contributed by atoms with E-state index in [4.69, 9.17) is 4.74 Å². The van der Waals surface area contributed by atoms with Crippen LogP contribution < -0.4 is 10.6 Å². The lowest BCUT2D eigenvalue weighted by molar-refractivity contribution is -0.141. The van der Waals surface area contributed by atoms with Gasteiger partial charge in [0.05, 0.1) is 17.9 Å². The van der Waals surface area contributed by atoms with Gasteiger partial charge in [0, 0.05) is 30.2 Å². The lowest BCUT2D eigenvalue weighted by atomic mass is 9.70. The third-order valence-corrected chi connectivity index (χ3v) is 8.09. The Morgan fingerprint density at radius 3 is 2.46 bits per heavy atom. The van der Waals surface area contributed by atoms with Crippen molar-refractivity contribution in [1.82, 2.24) is 10.2 Å². The summed E-state index contributed by atoms with van der Waals surface area (Å²) in [6.07, 6.45) is 0.262. The zero-order chi connectivity index (χ0) is 24.6. The zero-order valence-corrected chi connectivity index (χ0v) is 20.7. The predicted octanol–water partition coefficient (Wildman–Crippen LogP) is 2.07. The molecule has 3 heterocycles. The summed E-state index contributed by atoms with van der Waals surface area (Å²) in [6.45, 7) is 0.422. The molecule has 2 aromatic carbocycles. The number of nitrogens with one attached hydrogen (secondary N) is 2. The van der Waals surface area contributed by atoms with Crippen LogP contribution in [-0.2, 0) is 25.7 Å². The number of para-hydroxylation sites is 1. The molecular weight excluding hydrogens is 514 g/mol. The van der Waals surface area contributed by atoms with Gasteiger partial charge in [0.1, 0.15) is 11.6 Å². The molecule has 5 rings (SSSR count). The Kier molecular flexibility index (Phi) is 6.65. The van der Waals surface area contributed by atoms with Crippen LogP contribution in [0.2, 0.25) is 0 Å². The first-order valence-electron chi connectivity index (χ1n) is 11.9. The summed E-state index contributed by atoms with van der Waals surface area (Å²) in [7, 11) is 0. The molecule has 0 saturated carbocycles. The average molecular weight is 542 g/mol. The molecule has 9 heteroatoms. The van der Waals surface area contributed by atoms with Crippen LogP contribution in [0.1, 0.15) is 18.4 Å². The van der Waals surface area contributed by atoms with E-state index in [1.807, 2.05) is 48.5 Å². The number of nitrogens with zero attached hydrogens (tertiary/aromatic N) is 1. The minimum Gasteiger partial charge on any atom is -0.396 e. The second-order valence-electron chi connectivity index (χ2n) is 9.33. The Balaban J connectivity index is 1.44. The summed E-state index contributed by atoms with van der Waals surface area (Å²) in [6, 6.07) is 17.7. The maximum Gasteiger partial charge on any atom is 0.246 e. The number of fused-ring (bicyclic) bond motifs is 1. The highest BCUT2D eigenvalue weighted by Crippen LogP contribution is 2.60. The maximum atomic E-state index is 13.7. The van der Waals surface area contributed by atoms with Gasteiger partial charge in [-0.2, -0.15) is 0 Å². The lowest BCUT2D eigenvalue weighted by Gasteiger charge is -2.34. The number of hydrogen-bond donors (Lipinski definition) is 3. The third-order valence-electron chi connectivity index (χ3n) is 7.25. The largest absolute Gasteiger partial charge is 0.396 e. The van der Waals surface area contributed by atoms with Gasteiger partial charge in [0.15, 0.2) is 0 Å². The van der Waals surface area contributed by atoms with Crippen molar-refractivity contribution in [3.8, 4) is 0 Å². The number of rotatable bonds is 8. The number of hydrogen-bond acceptors (Lipinski definition) is 5. The van der Waals surface area contributed by atoms with Crippen LogP contribution in [0, 0.1) is 11.8 Å². The normalized spacial score (nSPS) is 30.9. The van der Waals surface area contributed by atoms with Crippen molar-refractivity contribution >= 4 is 39.3 Å². The maximum absolute atomic E-state index is 13.7. The fourth-order valence-corrected chi connectivity index (χ4v) is 6.78. The van der Waals surface area contributed by atoms with Crippen molar-refractivity contribution in [2.45, 2.75) is 42.0 Å². The lowest BCUT2D eigenvalue weighted by Crippen LogP contribution is -2.55. The SMILES string of the molecule is O=C(NCc1ccccc1)C1N(CCCO)C(=O)[C@@H]2[C@H](C(=O)Nc3ccccc3)[C@H]3OC12CC3Br. The van der Waals surface area contributed by atoms with Gasteiger partial charge in [0.25, 0.3) is 0 Å². The van der Waals surface area contributed by atoms with Gasteiger partial charge >= 0.3 is 0 Å². The smallest absolute Gasteiger partial charge is 0.246 e. The number of alkyl halides is 1. The number of aliphatic hydroxyl groups excluding tert-OH is 1. The second-order valence-corrected chi connectivity index (χ2v) is 10.5. The first-order chi connectivity index (χ1) is 17.0. The van der Waals surface area contributed by atoms with E-state index in [2.05, 4.69) is 26.6 Å². The summed E-state index contributed by atoms with van der Waals surface area (Å²) >= 11 is 3.66. The summed E-state index contributed by atoms with van der Waals surface area (Å²) < 4.78 is 6.44. The van der Waals surface area contributed by atoms with E-state index in [9.17, 15) is 19.5 Å². The molecule has 0 aromatic heterocycles. The van der Waals surface area contributed by atoms with E-state index >= 15 is 0 Å². The second kappa shape index (κ2) is 9.72. The number of likely N-dealkylation sites (tertiary alicyclic amines) is 1. The molecule has 0 radical (unpaired) electrons. The highest BCUT2D eigenvalue weighted by Gasteiger charge is 2.76. The summed E-state index contributed by atoms with van der Waals surface area (Å²) in [5, 5.41) is 15.3. The minimum atomic E-state index is -1.11. The minimum absolute atomic E-state index is 0.109. The molecule has 3 saturated heterocycles. The number of aliphatic hydroxyl groups is 1. The first-order valence-corrected chi connectivity index (χ1v) is 12.8. The molecular formula is C26H28BrN3O5. The molecule has 35 heavy (non-hydrogen) atoms. The fraction of sp³-hybridized carbons (Fsp3) is 0.423. The van der Waals surface area contributed by atoms with Gasteiger partial charge in [0.2, 0.25) is 17.7 Å². The van der Waals surface area contributed by atoms with E-state index in [0.717, 1.165) is 5.56 Å². The number of halogens is 1. The van der Waals surface area contributed by atoms with Crippen molar-refractivity contribution in [2.75, 3.05) is 18.5 Å². The molecule has 3 amide bonds. The van der Waals surface area contributed by atoms with Crippen molar-refractivity contribution in [3.63, 3.8) is 0 Å².